The molecule has 8 nitrogen and oxygen atoms in total. The number of fused-ring (bicyclic) bond motifs is 1. The molecule has 0 saturated heterocycles. The third-order valence-electron chi connectivity index (χ3n) is 3.42. The Balaban J connectivity index is 2.08. The molecule has 0 fully saturated rings. The number of pyridine rings is 1. The number of nitrogen functional groups attached to an aromatic ring is 2. The number of thiophene rings is 1. The minimum Gasteiger partial charge on any atom is -0.397 e. The van der Waals surface area contributed by atoms with Gasteiger partial charge in [-0.25, -0.2) is 4.98 Å². The smallest absolute Gasteiger partial charge is 0.269 e. The fourth-order valence-electron chi connectivity index (χ4n) is 2.18. The summed E-state index contributed by atoms with van der Waals surface area (Å²) < 4.78 is 0. The van der Waals surface area contributed by atoms with Gasteiger partial charge in [0.1, 0.15) is 21.6 Å². The van der Waals surface area contributed by atoms with Crippen molar-refractivity contribution in [3.63, 3.8) is 0 Å². The summed E-state index contributed by atoms with van der Waals surface area (Å²) >= 11 is 1.06. The fourth-order valence-corrected chi connectivity index (χ4v) is 3.23. The van der Waals surface area contributed by atoms with Crippen LogP contribution in [-0.2, 0) is 0 Å². The number of nitriles is 1. The number of carbonyl (C=O) groups excluding carboxylic acids is 1. The molecule has 0 aliphatic heterocycles. The van der Waals surface area contributed by atoms with Gasteiger partial charge in [-0.2, -0.15) is 5.26 Å². The number of rotatable bonds is 3. The summed E-state index contributed by atoms with van der Waals surface area (Å²) in [5, 5.41) is 20.2. The van der Waals surface area contributed by atoms with E-state index in [-0.39, 0.29) is 39.0 Å². The largest absolute Gasteiger partial charge is 0.397 e. The first-order valence-electron chi connectivity index (χ1n) is 6.60. The van der Waals surface area contributed by atoms with Crippen LogP contribution in [0, 0.1) is 21.4 Å². The van der Waals surface area contributed by atoms with E-state index in [4.69, 9.17) is 16.7 Å². The van der Waals surface area contributed by atoms with Crippen molar-refractivity contribution in [3.05, 3.63) is 56.5 Å². The highest BCUT2D eigenvalue weighted by Gasteiger charge is 2.20. The third kappa shape index (κ3) is 2.41. The lowest BCUT2D eigenvalue weighted by atomic mass is 10.1. The predicted molar refractivity (Wildman–Crippen MR) is 89.7 cm³/mol. The van der Waals surface area contributed by atoms with Crippen LogP contribution < -0.4 is 11.5 Å². The van der Waals surface area contributed by atoms with Crippen molar-refractivity contribution in [3.8, 4) is 6.07 Å². The number of ketones is 1. The van der Waals surface area contributed by atoms with Crippen LogP contribution in [0.4, 0.5) is 17.2 Å². The summed E-state index contributed by atoms with van der Waals surface area (Å²) in [5.74, 6) is -0.303. The Hall–Kier alpha value is -3.51. The van der Waals surface area contributed by atoms with Crippen LogP contribution in [0.15, 0.2) is 30.3 Å². The number of nitrogens with two attached hydrogens (primary N) is 2. The lowest BCUT2D eigenvalue weighted by Gasteiger charge is -2.00. The number of anilines is 2. The van der Waals surface area contributed by atoms with Crippen LogP contribution in [0.25, 0.3) is 10.2 Å². The highest BCUT2D eigenvalue weighted by Crippen LogP contribution is 2.35. The summed E-state index contributed by atoms with van der Waals surface area (Å²) in [7, 11) is 0. The summed E-state index contributed by atoms with van der Waals surface area (Å²) in [6, 6.07) is 8.65. The molecule has 118 valence electrons. The van der Waals surface area contributed by atoms with Crippen molar-refractivity contribution >= 4 is 44.5 Å². The quantitative estimate of drug-likeness (QED) is 0.423. The molecule has 0 unspecified atom stereocenters. The molecule has 0 aliphatic carbocycles. The molecule has 0 saturated carbocycles. The molecule has 9 heteroatoms. The topological polar surface area (TPSA) is 149 Å². The first kappa shape index (κ1) is 15.4. The van der Waals surface area contributed by atoms with Gasteiger partial charge in [-0.15, -0.1) is 11.3 Å². The van der Waals surface area contributed by atoms with Crippen LogP contribution in [0.1, 0.15) is 20.8 Å². The summed E-state index contributed by atoms with van der Waals surface area (Å²) in [6.45, 7) is 0. The molecular weight excluding hydrogens is 330 g/mol. The Morgan fingerprint density at radius 1 is 1.29 bits per heavy atom. The van der Waals surface area contributed by atoms with E-state index in [9.17, 15) is 14.9 Å². The number of nitro benzene ring substituents is 1. The van der Waals surface area contributed by atoms with Gasteiger partial charge < -0.3 is 11.5 Å². The fraction of sp³-hybridized carbons (Fsp3) is 0. The highest BCUT2D eigenvalue weighted by atomic mass is 32.1. The van der Waals surface area contributed by atoms with E-state index < -0.39 is 4.92 Å². The van der Waals surface area contributed by atoms with Gasteiger partial charge in [0.15, 0.2) is 0 Å². The van der Waals surface area contributed by atoms with Crippen LogP contribution in [0.3, 0.4) is 0 Å². The molecule has 0 amide bonds. The summed E-state index contributed by atoms with van der Waals surface area (Å²) in [6.07, 6.45) is 0. The first-order chi connectivity index (χ1) is 11.4. The zero-order chi connectivity index (χ0) is 17.4. The lowest BCUT2D eigenvalue weighted by Crippen LogP contribution is -2.02. The Bertz CT molecular complexity index is 1030. The van der Waals surface area contributed by atoms with Gasteiger partial charge in [-0.05, 0) is 18.2 Å². The number of carbonyl (C=O) groups is 1. The van der Waals surface area contributed by atoms with E-state index in [0.717, 1.165) is 11.3 Å². The monoisotopic (exact) mass is 339 g/mol. The van der Waals surface area contributed by atoms with E-state index in [1.807, 2.05) is 6.07 Å². The van der Waals surface area contributed by atoms with Gasteiger partial charge in [0.2, 0.25) is 5.78 Å². The third-order valence-corrected chi connectivity index (χ3v) is 4.53. The van der Waals surface area contributed by atoms with E-state index in [2.05, 4.69) is 4.98 Å². The standard InChI is InChI=1S/C15H9N5O3S/c16-6-8-5-10-11(17)13(24-15(10)19-14(8)18)12(21)7-1-3-9(4-2-7)20(22)23/h1-5H,17H2,(H2,18,19). The Labute approximate surface area is 139 Å². The van der Waals surface area contributed by atoms with E-state index >= 15 is 0 Å². The van der Waals surface area contributed by atoms with E-state index in [1.54, 1.807) is 0 Å². The highest BCUT2D eigenvalue weighted by molar-refractivity contribution is 7.21. The molecule has 1 aromatic carbocycles. The molecule has 3 aromatic rings. The second kappa shape index (κ2) is 5.60. The van der Waals surface area contributed by atoms with Crippen molar-refractivity contribution in [1.82, 2.24) is 4.98 Å². The average Bonchev–Trinajstić information content (AvgIpc) is 2.89. The zero-order valence-corrected chi connectivity index (χ0v) is 12.8. The maximum Gasteiger partial charge on any atom is 0.269 e. The molecule has 0 radical (unpaired) electrons. The number of aromatic nitrogens is 1. The maximum absolute atomic E-state index is 12.6. The number of benzene rings is 1. The Kier molecular flexibility index (Phi) is 3.59. The molecule has 0 bridgehead atoms. The number of nitro groups is 1. The van der Waals surface area contributed by atoms with Crippen molar-refractivity contribution in [1.29, 1.82) is 5.26 Å². The van der Waals surface area contributed by atoms with Crippen LogP contribution in [0.2, 0.25) is 0 Å². The molecule has 0 atom stereocenters. The van der Waals surface area contributed by atoms with Crippen LogP contribution >= 0.6 is 11.3 Å². The SMILES string of the molecule is N#Cc1cc2c(N)c(C(=O)c3ccc([N+](=O)[O-])cc3)sc2nc1N. The zero-order valence-electron chi connectivity index (χ0n) is 12.0. The van der Waals surface area contributed by atoms with Crippen molar-refractivity contribution in [2.24, 2.45) is 0 Å². The van der Waals surface area contributed by atoms with Gasteiger partial charge in [-0.1, -0.05) is 0 Å². The van der Waals surface area contributed by atoms with E-state index in [1.165, 1.54) is 30.3 Å². The molecule has 4 N–H and O–H groups in total. The van der Waals surface area contributed by atoms with Crippen LogP contribution in [0.5, 0.6) is 0 Å². The predicted octanol–water partition coefficient (Wildman–Crippen LogP) is 2.47. The normalized spacial score (nSPS) is 10.5. The van der Waals surface area contributed by atoms with Gasteiger partial charge in [-0.3, -0.25) is 14.9 Å². The number of hydrogen-bond donors (Lipinski definition) is 2. The molecule has 3 rings (SSSR count). The van der Waals surface area contributed by atoms with Crippen LogP contribution in [-0.4, -0.2) is 15.7 Å². The second-order valence-corrected chi connectivity index (χ2v) is 5.86. The summed E-state index contributed by atoms with van der Waals surface area (Å²) in [5.41, 5.74) is 12.2. The average molecular weight is 339 g/mol. The minimum absolute atomic E-state index is 0.0700. The molecule has 0 spiro atoms. The van der Waals surface area contributed by atoms with Gasteiger partial charge in [0.25, 0.3) is 5.69 Å². The Morgan fingerprint density at radius 2 is 1.96 bits per heavy atom. The van der Waals surface area contributed by atoms with Crippen molar-refractivity contribution < 1.29 is 9.72 Å². The maximum atomic E-state index is 12.6. The minimum atomic E-state index is -0.543. The number of non-ortho nitro benzene ring substituents is 1. The molecular formula is C15H9N5O3S. The van der Waals surface area contributed by atoms with Gasteiger partial charge in [0.05, 0.1) is 16.2 Å². The van der Waals surface area contributed by atoms with Crippen molar-refractivity contribution in [2.45, 2.75) is 0 Å². The number of nitrogens with zero attached hydrogens (tertiary/aromatic N) is 3. The Morgan fingerprint density at radius 3 is 2.54 bits per heavy atom. The summed E-state index contributed by atoms with van der Waals surface area (Å²) in [4.78, 5) is 27.5. The molecule has 2 aromatic heterocycles. The van der Waals surface area contributed by atoms with Gasteiger partial charge >= 0.3 is 0 Å². The number of hydrogen-bond acceptors (Lipinski definition) is 8. The van der Waals surface area contributed by atoms with Crippen molar-refractivity contribution in [2.75, 3.05) is 11.5 Å². The second-order valence-electron chi connectivity index (χ2n) is 4.86. The van der Waals surface area contributed by atoms with E-state index in [0.29, 0.717) is 10.2 Å². The molecule has 0 aliphatic rings. The van der Waals surface area contributed by atoms with Gasteiger partial charge in [0, 0.05) is 23.1 Å². The molecule has 2 heterocycles. The lowest BCUT2D eigenvalue weighted by molar-refractivity contribution is -0.384. The molecule has 24 heavy (non-hydrogen) atoms. The first-order valence-corrected chi connectivity index (χ1v) is 7.41.